The lowest BCUT2D eigenvalue weighted by atomic mass is 9.88. The minimum absolute atomic E-state index is 0.295. The van der Waals surface area contributed by atoms with Crippen molar-refractivity contribution in [3.8, 4) is 6.07 Å². The van der Waals surface area contributed by atoms with E-state index in [2.05, 4.69) is 40.5 Å². The monoisotopic (exact) mass is 370 g/mol. The van der Waals surface area contributed by atoms with Crippen LogP contribution >= 0.6 is 0 Å². The molecule has 28 heavy (non-hydrogen) atoms. The predicted molar refractivity (Wildman–Crippen MR) is 113 cm³/mol. The number of nitrogens with one attached hydrogen (secondary N) is 3. The van der Waals surface area contributed by atoms with Gasteiger partial charge in [0.25, 0.3) is 0 Å². The number of nitriles is 1. The molecule has 1 aromatic carbocycles. The molecule has 1 heterocycles. The van der Waals surface area contributed by atoms with Gasteiger partial charge in [-0.25, -0.2) is 4.98 Å². The van der Waals surface area contributed by atoms with Crippen LogP contribution in [0.15, 0.2) is 71.6 Å². The Morgan fingerprint density at radius 1 is 1.21 bits per heavy atom. The Labute approximate surface area is 164 Å². The van der Waals surface area contributed by atoms with E-state index < -0.39 is 0 Å². The lowest BCUT2D eigenvalue weighted by Crippen LogP contribution is -2.16. The molecule has 6 heteroatoms. The van der Waals surface area contributed by atoms with E-state index in [9.17, 15) is 0 Å². The first kappa shape index (κ1) is 19.1. The van der Waals surface area contributed by atoms with Gasteiger partial charge in [0.1, 0.15) is 5.82 Å². The Morgan fingerprint density at radius 3 is 2.68 bits per heavy atom. The third-order valence-electron chi connectivity index (χ3n) is 4.49. The second-order valence-electron chi connectivity index (χ2n) is 6.67. The molecule has 0 bridgehead atoms. The van der Waals surface area contributed by atoms with Gasteiger partial charge in [-0.3, -0.25) is 0 Å². The van der Waals surface area contributed by atoms with Crippen LogP contribution in [-0.2, 0) is 0 Å². The summed E-state index contributed by atoms with van der Waals surface area (Å²) in [6.07, 6.45) is 9.37. The summed E-state index contributed by atoms with van der Waals surface area (Å²) in [4.78, 5) is 8.83. The Bertz CT molecular complexity index is 992. The summed E-state index contributed by atoms with van der Waals surface area (Å²) in [5.74, 6) is 1.52. The van der Waals surface area contributed by atoms with Gasteiger partial charge in [-0.2, -0.15) is 10.2 Å². The molecule has 1 aliphatic carbocycles. The molecule has 3 N–H and O–H groups in total. The van der Waals surface area contributed by atoms with Crippen LogP contribution in [0.5, 0.6) is 0 Å². The van der Waals surface area contributed by atoms with Crippen LogP contribution in [0.25, 0.3) is 0 Å². The number of anilines is 3. The van der Waals surface area contributed by atoms with Crippen LogP contribution in [-0.4, -0.2) is 16.2 Å². The Hall–Kier alpha value is -3.72. The fourth-order valence-corrected chi connectivity index (χ4v) is 3.16. The fourth-order valence-electron chi connectivity index (χ4n) is 3.16. The minimum atomic E-state index is 0.295. The van der Waals surface area contributed by atoms with Gasteiger partial charge < -0.3 is 16.0 Å². The van der Waals surface area contributed by atoms with Crippen molar-refractivity contribution in [1.29, 1.82) is 10.7 Å². The number of rotatable bonds is 6. The molecular weight excluding hydrogens is 348 g/mol. The maximum atomic E-state index is 8.72. The van der Waals surface area contributed by atoms with Crippen LogP contribution in [0, 0.1) is 22.7 Å². The van der Waals surface area contributed by atoms with Gasteiger partial charge in [-0.05, 0) is 54.3 Å². The molecule has 1 aliphatic rings. The van der Waals surface area contributed by atoms with E-state index in [0.29, 0.717) is 11.9 Å². The largest absolute Gasteiger partial charge is 0.343 e. The first-order valence-electron chi connectivity index (χ1n) is 9.04. The molecule has 140 valence electrons. The summed E-state index contributed by atoms with van der Waals surface area (Å²) >= 11 is 0. The smallest absolute Gasteiger partial charge is 0.229 e. The summed E-state index contributed by atoms with van der Waals surface area (Å²) in [6.45, 7) is 4.22. The molecule has 0 radical (unpaired) electrons. The average molecular weight is 370 g/mol. The van der Waals surface area contributed by atoms with Crippen molar-refractivity contribution in [2.24, 2.45) is 5.92 Å². The van der Waals surface area contributed by atoms with Gasteiger partial charge in [0.15, 0.2) is 0 Å². The summed E-state index contributed by atoms with van der Waals surface area (Å²) in [7, 11) is 0. The Kier molecular flexibility index (Phi) is 5.97. The molecule has 0 amide bonds. The van der Waals surface area contributed by atoms with Gasteiger partial charge >= 0.3 is 0 Å². The third-order valence-corrected chi connectivity index (χ3v) is 4.49. The molecule has 0 aliphatic heterocycles. The van der Waals surface area contributed by atoms with E-state index in [-0.39, 0.29) is 0 Å². The van der Waals surface area contributed by atoms with E-state index in [0.717, 1.165) is 40.3 Å². The van der Waals surface area contributed by atoms with Crippen molar-refractivity contribution >= 4 is 23.7 Å². The van der Waals surface area contributed by atoms with Gasteiger partial charge in [-0.15, -0.1) is 0 Å². The number of hydrogen-bond acceptors (Lipinski definition) is 6. The number of nitrogens with zero attached hydrogens (tertiary/aromatic N) is 3. The van der Waals surface area contributed by atoms with E-state index in [4.69, 9.17) is 10.7 Å². The van der Waals surface area contributed by atoms with Gasteiger partial charge in [-0.1, -0.05) is 25.1 Å². The molecule has 0 spiro atoms. The molecule has 0 saturated heterocycles. The fraction of sp³-hybridized carbons (Fsp3) is 0.182. The van der Waals surface area contributed by atoms with E-state index in [1.54, 1.807) is 6.20 Å². The van der Waals surface area contributed by atoms with Crippen LogP contribution in [0.4, 0.5) is 17.5 Å². The van der Waals surface area contributed by atoms with E-state index >= 15 is 0 Å². The van der Waals surface area contributed by atoms with Crippen molar-refractivity contribution in [1.82, 2.24) is 9.97 Å². The van der Waals surface area contributed by atoms with Crippen LogP contribution < -0.4 is 10.6 Å². The second-order valence-corrected chi connectivity index (χ2v) is 6.67. The molecule has 6 nitrogen and oxygen atoms in total. The van der Waals surface area contributed by atoms with E-state index in [1.807, 2.05) is 42.5 Å². The highest BCUT2D eigenvalue weighted by Crippen LogP contribution is 2.30. The Morgan fingerprint density at radius 2 is 2.00 bits per heavy atom. The first-order valence-corrected chi connectivity index (χ1v) is 9.04. The summed E-state index contributed by atoms with van der Waals surface area (Å²) in [5, 5.41) is 22.6. The number of allylic oxidation sites excluding steroid dienone is 6. The highest BCUT2D eigenvalue weighted by molar-refractivity contribution is 5.78. The quantitative estimate of drug-likeness (QED) is 0.494. The van der Waals surface area contributed by atoms with Crippen LogP contribution in [0.1, 0.15) is 25.8 Å². The average Bonchev–Trinajstić information content (AvgIpc) is 2.70. The van der Waals surface area contributed by atoms with Crippen LogP contribution in [0.2, 0.25) is 0 Å². The van der Waals surface area contributed by atoms with Gasteiger partial charge in [0.05, 0.1) is 6.07 Å². The molecular formula is C22H22N6. The zero-order chi connectivity index (χ0) is 19.9. The molecule has 0 fully saturated rings. The number of aromatic nitrogens is 2. The predicted octanol–water partition coefficient (Wildman–Crippen LogP) is 4.95. The highest BCUT2D eigenvalue weighted by atomic mass is 15.1. The second kappa shape index (κ2) is 8.78. The summed E-state index contributed by atoms with van der Waals surface area (Å²) < 4.78 is 0. The molecule has 3 rings (SSSR count). The standard InChI is InChI=1S/C22H22N6/c1-15-12-18(4-3-10-23)13-16(2)21(15)27-20-9-11-25-22(28-20)26-19-7-5-17(14-24)6-8-19/h3-9,11-12,14,16,24H,13H2,1-2H3,(H2,25,26,27,28)/b4-3+,24-14?/t16-/m1/s1. The molecule has 0 saturated carbocycles. The van der Waals surface area contributed by atoms with Crippen molar-refractivity contribution in [2.75, 3.05) is 10.6 Å². The minimum Gasteiger partial charge on any atom is -0.343 e. The first-order chi connectivity index (χ1) is 13.6. The molecule has 2 aromatic rings. The lowest BCUT2D eigenvalue weighted by Gasteiger charge is -2.24. The highest BCUT2D eigenvalue weighted by Gasteiger charge is 2.18. The SMILES string of the molecule is CC1=C(Nc2ccnc(Nc3ccc(C=N)cc3)n2)[C@H](C)CC(/C=C/C#N)=C1. The lowest BCUT2D eigenvalue weighted by molar-refractivity contribution is 0.665. The maximum Gasteiger partial charge on any atom is 0.229 e. The normalized spacial score (nSPS) is 16.5. The Balaban J connectivity index is 1.76. The van der Waals surface area contributed by atoms with Crippen molar-refractivity contribution < 1.29 is 0 Å². The van der Waals surface area contributed by atoms with E-state index in [1.165, 1.54) is 12.3 Å². The molecule has 1 aromatic heterocycles. The van der Waals surface area contributed by atoms with Crippen molar-refractivity contribution in [3.63, 3.8) is 0 Å². The van der Waals surface area contributed by atoms with Gasteiger partial charge in [0.2, 0.25) is 5.95 Å². The number of hydrogen-bond donors (Lipinski definition) is 3. The molecule has 0 unspecified atom stereocenters. The topological polar surface area (TPSA) is 97.5 Å². The number of benzene rings is 1. The third kappa shape index (κ3) is 4.71. The molecule has 1 atom stereocenters. The van der Waals surface area contributed by atoms with Gasteiger partial charge in [0, 0.05) is 35.8 Å². The zero-order valence-electron chi connectivity index (χ0n) is 15.9. The summed E-state index contributed by atoms with van der Waals surface area (Å²) in [6, 6.07) is 11.4. The maximum absolute atomic E-state index is 8.72. The van der Waals surface area contributed by atoms with Crippen molar-refractivity contribution in [3.05, 3.63) is 77.2 Å². The zero-order valence-corrected chi connectivity index (χ0v) is 15.9. The van der Waals surface area contributed by atoms with Crippen LogP contribution in [0.3, 0.4) is 0 Å². The summed E-state index contributed by atoms with van der Waals surface area (Å²) in [5.41, 5.74) is 5.10. The van der Waals surface area contributed by atoms with Crippen molar-refractivity contribution in [2.45, 2.75) is 20.3 Å².